The van der Waals surface area contributed by atoms with Crippen molar-refractivity contribution in [2.24, 2.45) is 23.7 Å². The number of nitrogens with one attached hydrogen (secondary N) is 1. The molecule has 212 valence electrons. The van der Waals surface area contributed by atoms with Crippen molar-refractivity contribution in [3.05, 3.63) is 46.9 Å². The van der Waals surface area contributed by atoms with Gasteiger partial charge in [-0.1, -0.05) is 30.2 Å². The predicted octanol–water partition coefficient (Wildman–Crippen LogP) is 6.45. The molecule has 0 spiro atoms. The Hall–Kier alpha value is -3.27. The number of nitrogens with zero attached hydrogens (tertiary/aromatic N) is 5. The molecule has 2 aliphatic carbocycles. The largest absolute Gasteiger partial charge is 0.444 e. The Kier molecular flexibility index (Phi) is 6.71. The van der Waals surface area contributed by atoms with Crippen LogP contribution in [-0.4, -0.2) is 55.3 Å². The van der Waals surface area contributed by atoms with E-state index in [2.05, 4.69) is 20.4 Å². The summed E-state index contributed by atoms with van der Waals surface area (Å²) >= 11 is 6.51. The van der Waals surface area contributed by atoms with Crippen molar-refractivity contribution < 1.29 is 18.3 Å². The zero-order valence-corrected chi connectivity index (χ0v) is 23.8. The standard InChI is InChI=1S/C29H33ClF2N6O2/c1-15(17-6-5-7-17)35-26-24(25(30)36-27-33-14-34-38(26)27)23-21(31)10-16(11-22(23)32)8-9-18-19-12-37(13-20(18)19)28(39)40-29(2,3)4/h8-11,14-15,17-20,35H,5-7,12-13H2,1-4H3/b9-8+/t15-,18?,19-,20+/m1/s1. The van der Waals surface area contributed by atoms with E-state index >= 15 is 8.78 Å². The van der Waals surface area contributed by atoms with Gasteiger partial charge < -0.3 is 15.0 Å². The van der Waals surface area contributed by atoms with Crippen molar-refractivity contribution in [3.8, 4) is 11.1 Å². The summed E-state index contributed by atoms with van der Waals surface area (Å²) in [5, 5.41) is 7.58. The number of likely N-dealkylation sites (tertiary alicyclic amines) is 1. The van der Waals surface area contributed by atoms with Crippen LogP contribution in [0, 0.1) is 35.3 Å². The summed E-state index contributed by atoms with van der Waals surface area (Å²) in [6, 6.07) is 2.67. The normalized spacial score (nSPS) is 23.4. The average Bonchev–Trinajstić information content (AvgIpc) is 3.15. The lowest BCUT2D eigenvalue weighted by Crippen LogP contribution is -2.36. The third-order valence-corrected chi connectivity index (χ3v) is 8.61. The third kappa shape index (κ3) is 5.02. The van der Waals surface area contributed by atoms with Crippen LogP contribution in [0.15, 0.2) is 24.5 Å². The molecule has 1 N–H and O–H groups in total. The Bertz CT molecular complexity index is 1460. The zero-order chi connectivity index (χ0) is 28.3. The molecule has 4 atom stereocenters. The van der Waals surface area contributed by atoms with Crippen LogP contribution in [0.25, 0.3) is 23.0 Å². The molecule has 0 bridgehead atoms. The molecular formula is C29H33ClF2N6O2. The van der Waals surface area contributed by atoms with Crippen molar-refractivity contribution in [2.75, 3.05) is 18.4 Å². The van der Waals surface area contributed by atoms with E-state index in [4.69, 9.17) is 16.3 Å². The highest BCUT2D eigenvalue weighted by Crippen LogP contribution is 2.53. The minimum Gasteiger partial charge on any atom is -0.444 e. The Labute approximate surface area is 236 Å². The maximum absolute atomic E-state index is 15.6. The van der Waals surface area contributed by atoms with E-state index in [1.54, 1.807) is 11.0 Å². The minimum absolute atomic E-state index is 0.0507. The zero-order valence-electron chi connectivity index (χ0n) is 23.0. The van der Waals surface area contributed by atoms with Gasteiger partial charge in [0.05, 0.1) is 11.1 Å². The molecule has 0 radical (unpaired) electrons. The predicted molar refractivity (Wildman–Crippen MR) is 149 cm³/mol. The van der Waals surface area contributed by atoms with E-state index in [0.717, 1.165) is 12.8 Å². The first-order chi connectivity index (χ1) is 19.0. The topological polar surface area (TPSA) is 84.7 Å². The number of carbonyl (C=O) groups excluding carboxylic acids is 1. The summed E-state index contributed by atoms with van der Waals surface area (Å²) in [7, 11) is 0. The van der Waals surface area contributed by atoms with Crippen LogP contribution in [0.3, 0.4) is 0 Å². The molecular weight excluding hydrogens is 538 g/mol. The van der Waals surface area contributed by atoms with Gasteiger partial charge in [0.15, 0.2) is 0 Å². The molecule has 2 aromatic heterocycles. The molecule has 3 heterocycles. The number of allylic oxidation sites excluding steroid dienone is 1. The van der Waals surface area contributed by atoms with E-state index in [1.807, 2.05) is 33.8 Å². The lowest BCUT2D eigenvalue weighted by atomic mass is 9.80. The Morgan fingerprint density at radius 2 is 1.85 bits per heavy atom. The van der Waals surface area contributed by atoms with Gasteiger partial charge in [0, 0.05) is 19.1 Å². The molecule has 1 amide bonds. The second kappa shape index (κ2) is 9.98. The number of rotatable bonds is 6. The number of ether oxygens (including phenoxy) is 1. The molecule has 6 rings (SSSR count). The van der Waals surface area contributed by atoms with E-state index in [0.29, 0.717) is 42.2 Å². The van der Waals surface area contributed by atoms with Gasteiger partial charge in [0.2, 0.25) is 0 Å². The monoisotopic (exact) mass is 570 g/mol. The number of fused-ring (bicyclic) bond motifs is 2. The molecule has 1 saturated heterocycles. The number of halogens is 3. The van der Waals surface area contributed by atoms with Crippen LogP contribution in [0.2, 0.25) is 5.15 Å². The van der Waals surface area contributed by atoms with E-state index in [-0.39, 0.29) is 40.1 Å². The Morgan fingerprint density at radius 1 is 1.18 bits per heavy atom. The molecule has 40 heavy (non-hydrogen) atoms. The number of hydrogen-bond acceptors (Lipinski definition) is 6. The van der Waals surface area contributed by atoms with Crippen LogP contribution < -0.4 is 5.32 Å². The second-order valence-corrected chi connectivity index (χ2v) is 12.6. The summed E-state index contributed by atoms with van der Waals surface area (Å²) in [6.45, 7) is 8.85. The van der Waals surface area contributed by atoms with Crippen molar-refractivity contribution in [3.63, 3.8) is 0 Å². The number of benzene rings is 1. The number of hydrogen-bond donors (Lipinski definition) is 1. The van der Waals surface area contributed by atoms with E-state index in [9.17, 15) is 4.79 Å². The van der Waals surface area contributed by atoms with E-state index < -0.39 is 17.2 Å². The van der Waals surface area contributed by atoms with Gasteiger partial charge in [0.25, 0.3) is 5.78 Å². The smallest absolute Gasteiger partial charge is 0.410 e. The minimum atomic E-state index is -0.741. The fourth-order valence-corrected chi connectivity index (χ4v) is 6.19. The highest BCUT2D eigenvalue weighted by atomic mass is 35.5. The van der Waals surface area contributed by atoms with E-state index in [1.165, 1.54) is 29.4 Å². The Balaban J connectivity index is 1.22. The lowest BCUT2D eigenvalue weighted by Gasteiger charge is -2.33. The van der Waals surface area contributed by atoms with Crippen molar-refractivity contribution >= 4 is 35.4 Å². The maximum atomic E-state index is 15.6. The van der Waals surface area contributed by atoms with Gasteiger partial charge >= 0.3 is 6.09 Å². The van der Waals surface area contributed by atoms with Gasteiger partial charge in [-0.05, 0) is 81.9 Å². The highest BCUT2D eigenvalue weighted by Gasteiger charge is 2.55. The molecule has 3 aromatic rings. The molecule has 1 unspecified atom stereocenters. The summed E-state index contributed by atoms with van der Waals surface area (Å²) < 4.78 is 38.1. The maximum Gasteiger partial charge on any atom is 0.410 e. The molecule has 8 nitrogen and oxygen atoms in total. The number of amides is 1. The number of piperidine rings is 1. The first-order valence-corrected chi connectivity index (χ1v) is 14.2. The highest BCUT2D eigenvalue weighted by molar-refractivity contribution is 6.33. The van der Waals surface area contributed by atoms with Crippen LogP contribution in [-0.2, 0) is 4.74 Å². The summed E-state index contributed by atoms with van der Waals surface area (Å²) in [5.74, 6) is 0.529. The van der Waals surface area contributed by atoms with Crippen LogP contribution >= 0.6 is 11.6 Å². The molecule has 11 heteroatoms. The fraction of sp³-hybridized carbons (Fsp3) is 0.517. The summed E-state index contributed by atoms with van der Waals surface area (Å²) in [5.41, 5.74) is -0.255. The van der Waals surface area contributed by atoms with Gasteiger partial charge in [0.1, 0.15) is 34.5 Å². The van der Waals surface area contributed by atoms with Crippen LogP contribution in [0.1, 0.15) is 52.5 Å². The van der Waals surface area contributed by atoms with Crippen molar-refractivity contribution in [1.29, 1.82) is 0 Å². The summed E-state index contributed by atoms with van der Waals surface area (Å²) in [6.07, 6.45) is 8.12. The Morgan fingerprint density at radius 3 is 2.45 bits per heavy atom. The molecule has 2 saturated carbocycles. The first-order valence-electron chi connectivity index (χ1n) is 13.8. The molecule has 3 aliphatic rings. The van der Waals surface area contributed by atoms with Gasteiger partial charge in [-0.25, -0.2) is 13.6 Å². The number of anilines is 1. The molecule has 3 fully saturated rings. The number of carbonyl (C=O) groups is 1. The van der Waals surface area contributed by atoms with Gasteiger partial charge in [-0.3, -0.25) is 0 Å². The van der Waals surface area contributed by atoms with Gasteiger partial charge in [-0.2, -0.15) is 19.6 Å². The second-order valence-electron chi connectivity index (χ2n) is 12.2. The first kappa shape index (κ1) is 26.9. The average molecular weight is 571 g/mol. The van der Waals surface area contributed by atoms with Crippen LogP contribution in [0.5, 0.6) is 0 Å². The molecule has 1 aromatic carbocycles. The summed E-state index contributed by atoms with van der Waals surface area (Å²) in [4.78, 5) is 22.4. The van der Waals surface area contributed by atoms with Crippen molar-refractivity contribution in [1.82, 2.24) is 24.5 Å². The number of aromatic nitrogens is 4. The van der Waals surface area contributed by atoms with Gasteiger partial charge in [-0.15, -0.1) is 0 Å². The molecule has 1 aliphatic heterocycles. The third-order valence-electron chi connectivity index (χ3n) is 8.34. The SMILES string of the molecule is C[C@@H](Nc1c(-c2c(F)cc(/C=C/C3[C@H]4CN(C(=O)OC(C)(C)C)C[C@@H]34)cc2F)c(Cl)nc2ncnn12)C1CCC1. The lowest BCUT2D eigenvalue weighted by molar-refractivity contribution is 0.0269. The fourth-order valence-electron chi connectivity index (χ4n) is 5.93. The van der Waals surface area contributed by atoms with Crippen molar-refractivity contribution in [2.45, 2.75) is 58.6 Å². The van der Waals surface area contributed by atoms with Crippen LogP contribution in [0.4, 0.5) is 19.4 Å². The quantitative estimate of drug-likeness (QED) is 0.343.